The Labute approximate surface area is 188 Å². The third kappa shape index (κ3) is 4.49. The Morgan fingerprint density at radius 1 is 1.09 bits per heavy atom. The first kappa shape index (κ1) is 21.0. The zero-order valence-electron chi connectivity index (χ0n) is 18.8. The monoisotopic (exact) mass is 433 g/mol. The molecule has 2 aromatic carbocycles. The molecule has 0 spiro atoms. The molecule has 0 unspecified atom stereocenters. The Kier molecular flexibility index (Phi) is 5.85. The normalized spacial score (nSPS) is 21.2. The average Bonchev–Trinajstić information content (AvgIpc) is 2.80. The fourth-order valence-corrected chi connectivity index (χ4v) is 4.74. The number of hydrogen-bond donors (Lipinski definition) is 3. The van der Waals surface area contributed by atoms with E-state index in [4.69, 9.17) is 9.72 Å². The Morgan fingerprint density at radius 2 is 1.94 bits per heavy atom. The van der Waals surface area contributed by atoms with E-state index in [1.165, 1.54) is 11.1 Å². The molecule has 0 radical (unpaired) electrons. The maximum absolute atomic E-state index is 9.74. The van der Waals surface area contributed by atoms with Gasteiger partial charge in [-0.2, -0.15) is 0 Å². The van der Waals surface area contributed by atoms with Crippen molar-refractivity contribution in [2.45, 2.75) is 50.8 Å². The second kappa shape index (κ2) is 8.92. The number of benzene rings is 2. The van der Waals surface area contributed by atoms with Gasteiger partial charge in [-0.15, -0.1) is 0 Å². The molecule has 7 heteroatoms. The van der Waals surface area contributed by atoms with Crippen LogP contribution < -0.4 is 15.4 Å². The number of aliphatic hydroxyl groups is 1. The van der Waals surface area contributed by atoms with Crippen molar-refractivity contribution < 1.29 is 9.84 Å². The first-order chi connectivity index (χ1) is 15.6. The summed E-state index contributed by atoms with van der Waals surface area (Å²) in [6.07, 6.45) is 6.44. The summed E-state index contributed by atoms with van der Waals surface area (Å²) in [5.41, 5.74) is 5.48. The van der Waals surface area contributed by atoms with Gasteiger partial charge in [0.15, 0.2) is 0 Å². The van der Waals surface area contributed by atoms with Crippen LogP contribution in [-0.4, -0.2) is 52.8 Å². The van der Waals surface area contributed by atoms with Crippen molar-refractivity contribution in [3.05, 3.63) is 47.7 Å². The summed E-state index contributed by atoms with van der Waals surface area (Å²) >= 11 is 0. The summed E-state index contributed by atoms with van der Waals surface area (Å²) in [5, 5.41) is 17.7. The fraction of sp³-hybridized carbons (Fsp3) is 0.440. The van der Waals surface area contributed by atoms with Crippen molar-refractivity contribution in [3.8, 4) is 5.75 Å². The van der Waals surface area contributed by atoms with Gasteiger partial charge < -0.3 is 25.4 Å². The molecule has 32 heavy (non-hydrogen) atoms. The number of rotatable bonds is 5. The lowest BCUT2D eigenvalue weighted by Crippen LogP contribution is -2.28. The van der Waals surface area contributed by atoms with Crippen LogP contribution in [0.15, 0.2) is 36.5 Å². The van der Waals surface area contributed by atoms with Crippen molar-refractivity contribution in [2.24, 2.45) is 0 Å². The van der Waals surface area contributed by atoms with Gasteiger partial charge in [0.1, 0.15) is 5.75 Å². The second-order valence-electron chi connectivity index (χ2n) is 9.05. The van der Waals surface area contributed by atoms with E-state index in [-0.39, 0.29) is 6.10 Å². The Balaban J connectivity index is 1.38. The van der Waals surface area contributed by atoms with Crippen LogP contribution in [0.4, 0.5) is 17.3 Å². The summed E-state index contributed by atoms with van der Waals surface area (Å²) in [6, 6.07) is 10.9. The van der Waals surface area contributed by atoms with Gasteiger partial charge in [0.05, 0.1) is 24.4 Å². The number of likely N-dealkylation sites (N-methyl/N-ethyl adjacent to an activating group) is 1. The molecule has 2 heterocycles. The van der Waals surface area contributed by atoms with E-state index >= 15 is 0 Å². The van der Waals surface area contributed by atoms with E-state index in [2.05, 4.69) is 57.9 Å². The molecular formula is C25H31N5O2. The van der Waals surface area contributed by atoms with Crippen LogP contribution in [0.3, 0.4) is 0 Å². The number of aliphatic hydroxyl groups excluding tert-OH is 1. The van der Waals surface area contributed by atoms with Crippen LogP contribution >= 0.6 is 0 Å². The molecule has 0 saturated heterocycles. The molecule has 168 valence electrons. The number of methoxy groups -OCH3 is 1. The van der Waals surface area contributed by atoms with E-state index in [1.54, 1.807) is 7.11 Å². The summed E-state index contributed by atoms with van der Waals surface area (Å²) in [6.45, 7) is 1.99. The number of nitrogens with zero attached hydrogens (tertiary/aromatic N) is 3. The molecular weight excluding hydrogens is 402 g/mol. The van der Waals surface area contributed by atoms with E-state index in [1.807, 2.05) is 6.20 Å². The number of anilines is 3. The van der Waals surface area contributed by atoms with Crippen molar-refractivity contribution in [1.82, 2.24) is 14.9 Å². The lowest BCUT2D eigenvalue weighted by molar-refractivity contribution is 0.126. The molecule has 7 nitrogen and oxygen atoms in total. The minimum Gasteiger partial charge on any atom is -0.495 e. The molecule has 1 saturated carbocycles. The SMILES string of the molecule is COc1cc2c(cc1Nc1ncc3ccc(N[C@H]4CC[C@@H](O)CC4)cc3n1)CN(C)CC2. The Bertz CT molecular complexity index is 1110. The molecule has 1 fully saturated rings. The smallest absolute Gasteiger partial charge is 0.227 e. The molecule has 5 rings (SSSR count). The maximum Gasteiger partial charge on any atom is 0.227 e. The first-order valence-electron chi connectivity index (χ1n) is 11.4. The van der Waals surface area contributed by atoms with E-state index in [9.17, 15) is 5.11 Å². The van der Waals surface area contributed by atoms with Gasteiger partial charge in [0.25, 0.3) is 0 Å². The number of aromatic nitrogens is 2. The van der Waals surface area contributed by atoms with Gasteiger partial charge in [0, 0.05) is 36.4 Å². The predicted octanol–water partition coefficient (Wildman–Crippen LogP) is 4.09. The number of hydrogen-bond acceptors (Lipinski definition) is 7. The molecule has 0 amide bonds. The van der Waals surface area contributed by atoms with Crippen molar-refractivity contribution in [2.75, 3.05) is 31.3 Å². The molecule has 3 N–H and O–H groups in total. The zero-order chi connectivity index (χ0) is 22.1. The van der Waals surface area contributed by atoms with Gasteiger partial charge in [-0.05, 0) is 80.6 Å². The first-order valence-corrected chi connectivity index (χ1v) is 11.4. The number of ether oxygens (including phenoxy) is 1. The average molecular weight is 434 g/mol. The minimum atomic E-state index is -0.146. The number of fused-ring (bicyclic) bond motifs is 2. The van der Waals surface area contributed by atoms with Gasteiger partial charge in [-0.25, -0.2) is 9.97 Å². The summed E-state index contributed by atoms with van der Waals surface area (Å²) in [7, 11) is 3.85. The minimum absolute atomic E-state index is 0.146. The summed E-state index contributed by atoms with van der Waals surface area (Å²) < 4.78 is 5.65. The van der Waals surface area contributed by atoms with Crippen LogP contribution in [0.2, 0.25) is 0 Å². The fourth-order valence-electron chi connectivity index (χ4n) is 4.74. The topological polar surface area (TPSA) is 82.5 Å². The summed E-state index contributed by atoms with van der Waals surface area (Å²) in [4.78, 5) is 11.6. The van der Waals surface area contributed by atoms with Gasteiger partial charge in [-0.3, -0.25) is 0 Å². The highest BCUT2D eigenvalue weighted by molar-refractivity contribution is 5.83. The van der Waals surface area contributed by atoms with Crippen LogP contribution in [0, 0.1) is 0 Å². The van der Waals surface area contributed by atoms with E-state index in [0.29, 0.717) is 12.0 Å². The third-order valence-electron chi connectivity index (χ3n) is 6.62. The maximum atomic E-state index is 9.74. The van der Waals surface area contributed by atoms with Crippen LogP contribution in [0.1, 0.15) is 36.8 Å². The van der Waals surface area contributed by atoms with Crippen molar-refractivity contribution >= 4 is 28.2 Å². The standard InChI is InChI=1S/C25H31N5O2/c1-30-10-9-16-12-24(32-2)23(11-18(16)15-30)29-25-26-14-17-3-4-20(13-22(17)28-25)27-19-5-7-21(31)8-6-19/h3-4,11-14,19,21,27,31H,5-10,15H2,1-2H3,(H,26,28,29)/t19-,21+. The van der Waals surface area contributed by atoms with Crippen molar-refractivity contribution in [1.29, 1.82) is 0 Å². The largest absolute Gasteiger partial charge is 0.495 e. The third-order valence-corrected chi connectivity index (χ3v) is 6.62. The molecule has 1 aliphatic carbocycles. The van der Waals surface area contributed by atoms with Crippen LogP contribution in [0.5, 0.6) is 5.75 Å². The summed E-state index contributed by atoms with van der Waals surface area (Å²) in [5.74, 6) is 1.37. The number of nitrogens with one attached hydrogen (secondary N) is 2. The molecule has 0 bridgehead atoms. The Hall–Kier alpha value is -2.90. The quantitative estimate of drug-likeness (QED) is 0.559. The molecule has 1 aliphatic heterocycles. The van der Waals surface area contributed by atoms with E-state index in [0.717, 1.165) is 73.2 Å². The highest BCUT2D eigenvalue weighted by atomic mass is 16.5. The van der Waals surface area contributed by atoms with Gasteiger partial charge in [-0.1, -0.05) is 0 Å². The lowest BCUT2D eigenvalue weighted by atomic mass is 9.93. The van der Waals surface area contributed by atoms with Crippen LogP contribution in [0.25, 0.3) is 10.9 Å². The Morgan fingerprint density at radius 3 is 2.75 bits per heavy atom. The highest BCUT2D eigenvalue weighted by Gasteiger charge is 2.20. The zero-order valence-corrected chi connectivity index (χ0v) is 18.8. The van der Waals surface area contributed by atoms with Gasteiger partial charge >= 0.3 is 0 Å². The van der Waals surface area contributed by atoms with Crippen LogP contribution in [-0.2, 0) is 13.0 Å². The highest BCUT2D eigenvalue weighted by Crippen LogP contribution is 2.33. The molecule has 0 atom stereocenters. The molecule has 1 aromatic heterocycles. The second-order valence-corrected chi connectivity index (χ2v) is 9.05. The van der Waals surface area contributed by atoms with Gasteiger partial charge in [0.2, 0.25) is 5.95 Å². The van der Waals surface area contributed by atoms with Crippen molar-refractivity contribution in [3.63, 3.8) is 0 Å². The molecule has 2 aliphatic rings. The van der Waals surface area contributed by atoms with E-state index < -0.39 is 0 Å². The predicted molar refractivity (Wildman–Crippen MR) is 128 cm³/mol. The lowest BCUT2D eigenvalue weighted by Gasteiger charge is -2.27. The molecule has 3 aromatic rings.